The molecule has 1 amide bonds. The van der Waals surface area contributed by atoms with Gasteiger partial charge in [0.25, 0.3) is 0 Å². The van der Waals surface area contributed by atoms with Crippen molar-refractivity contribution in [3.63, 3.8) is 0 Å². The molecule has 0 aromatic heterocycles. The van der Waals surface area contributed by atoms with Gasteiger partial charge in [-0.05, 0) is 37.1 Å². The van der Waals surface area contributed by atoms with Gasteiger partial charge in [0.05, 0.1) is 6.04 Å². The van der Waals surface area contributed by atoms with Crippen LogP contribution < -0.4 is 10.6 Å². The number of hydrogen-bond donors (Lipinski definition) is 2. The maximum absolute atomic E-state index is 12.6. The molecule has 1 aliphatic heterocycles. The van der Waals surface area contributed by atoms with E-state index in [0.29, 0.717) is 0 Å². The van der Waals surface area contributed by atoms with Crippen LogP contribution in [0.3, 0.4) is 0 Å². The number of amides is 1. The summed E-state index contributed by atoms with van der Waals surface area (Å²) in [6, 6.07) is 20.3. The fourth-order valence-electron chi connectivity index (χ4n) is 2.99. The Labute approximate surface area is 131 Å². The molecule has 3 heteroatoms. The average Bonchev–Trinajstić information content (AvgIpc) is 2.62. The van der Waals surface area contributed by atoms with Crippen LogP contribution in [0.25, 0.3) is 0 Å². The van der Waals surface area contributed by atoms with Crippen molar-refractivity contribution in [1.82, 2.24) is 10.6 Å². The van der Waals surface area contributed by atoms with E-state index < -0.39 is 0 Å². The molecule has 2 aromatic carbocycles. The second-order valence-corrected chi connectivity index (χ2v) is 5.79. The van der Waals surface area contributed by atoms with Crippen molar-refractivity contribution >= 4 is 5.91 Å². The molecule has 2 N–H and O–H groups in total. The van der Waals surface area contributed by atoms with E-state index in [2.05, 4.69) is 34.9 Å². The van der Waals surface area contributed by atoms with Gasteiger partial charge in [-0.3, -0.25) is 4.79 Å². The molecule has 1 fully saturated rings. The van der Waals surface area contributed by atoms with Crippen molar-refractivity contribution in [3.05, 3.63) is 71.8 Å². The smallest absolute Gasteiger partial charge is 0.223 e. The van der Waals surface area contributed by atoms with Crippen LogP contribution in [0.4, 0.5) is 0 Å². The Hall–Kier alpha value is -2.13. The van der Waals surface area contributed by atoms with Gasteiger partial charge < -0.3 is 10.6 Å². The molecule has 1 aliphatic rings. The van der Waals surface area contributed by atoms with Gasteiger partial charge in [-0.1, -0.05) is 60.7 Å². The summed E-state index contributed by atoms with van der Waals surface area (Å²) in [7, 11) is 0. The minimum absolute atomic E-state index is 0.0789. The molecule has 0 atom stereocenters. The third kappa shape index (κ3) is 3.55. The second kappa shape index (κ2) is 7.23. The lowest BCUT2D eigenvalue weighted by atomic mass is 9.94. The maximum Gasteiger partial charge on any atom is 0.223 e. The molecule has 0 saturated carbocycles. The van der Waals surface area contributed by atoms with Gasteiger partial charge in [0.2, 0.25) is 5.91 Å². The fourth-order valence-corrected chi connectivity index (χ4v) is 2.99. The van der Waals surface area contributed by atoms with E-state index in [4.69, 9.17) is 0 Å². The number of nitrogens with one attached hydrogen (secondary N) is 2. The van der Waals surface area contributed by atoms with Gasteiger partial charge >= 0.3 is 0 Å². The first kappa shape index (κ1) is 14.8. The highest BCUT2D eigenvalue weighted by atomic mass is 16.1. The van der Waals surface area contributed by atoms with E-state index in [9.17, 15) is 4.79 Å². The van der Waals surface area contributed by atoms with Crippen LogP contribution in [0.15, 0.2) is 60.7 Å². The lowest BCUT2D eigenvalue weighted by molar-refractivity contribution is -0.126. The molecule has 0 radical (unpaired) electrons. The van der Waals surface area contributed by atoms with E-state index >= 15 is 0 Å². The summed E-state index contributed by atoms with van der Waals surface area (Å²) in [6.07, 6.45) is 1.84. The molecule has 0 unspecified atom stereocenters. The van der Waals surface area contributed by atoms with Crippen LogP contribution in [-0.4, -0.2) is 19.0 Å². The number of carbonyl (C=O) groups excluding carboxylic acids is 1. The Morgan fingerprint density at radius 2 is 1.41 bits per heavy atom. The third-order valence-corrected chi connectivity index (χ3v) is 4.26. The summed E-state index contributed by atoms with van der Waals surface area (Å²) < 4.78 is 0. The predicted octanol–water partition coefficient (Wildman–Crippen LogP) is 2.89. The molecule has 0 bridgehead atoms. The molecule has 1 heterocycles. The Morgan fingerprint density at radius 1 is 0.909 bits per heavy atom. The van der Waals surface area contributed by atoms with E-state index in [1.807, 2.05) is 36.4 Å². The lowest BCUT2D eigenvalue weighted by Crippen LogP contribution is -2.39. The summed E-state index contributed by atoms with van der Waals surface area (Å²) in [4.78, 5) is 12.6. The Balaban J connectivity index is 1.81. The van der Waals surface area contributed by atoms with E-state index in [1.54, 1.807) is 0 Å². The third-order valence-electron chi connectivity index (χ3n) is 4.26. The summed E-state index contributed by atoms with van der Waals surface area (Å²) >= 11 is 0. The summed E-state index contributed by atoms with van der Waals surface area (Å²) in [5, 5.41) is 6.56. The van der Waals surface area contributed by atoms with Crippen LogP contribution >= 0.6 is 0 Å². The van der Waals surface area contributed by atoms with Crippen molar-refractivity contribution in [2.75, 3.05) is 13.1 Å². The largest absolute Gasteiger partial charge is 0.345 e. The van der Waals surface area contributed by atoms with Crippen molar-refractivity contribution < 1.29 is 4.79 Å². The first-order valence-corrected chi connectivity index (χ1v) is 7.95. The zero-order valence-electron chi connectivity index (χ0n) is 12.7. The quantitative estimate of drug-likeness (QED) is 0.910. The summed E-state index contributed by atoms with van der Waals surface area (Å²) in [5.74, 6) is 0.287. The molecular formula is C19H22N2O. The van der Waals surface area contributed by atoms with E-state index in [0.717, 1.165) is 37.1 Å². The summed E-state index contributed by atoms with van der Waals surface area (Å²) in [5.41, 5.74) is 2.24. The molecule has 3 nitrogen and oxygen atoms in total. The average molecular weight is 294 g/mol. The predicted molar refractivity (Wildman–Crippen MR) is 88.5 cm³/mol. The van der Waals surface area contributed by atoms with Crippen LogP contribution in [0, 0.1) is 5.92 Å². The highest BCUT2D eigenvalue weighted by Gasteiger charge is 2.24. The van der Waals surface area contributed by atoms with Gasteiger partial charge in [-0.25, -0.2) is 0 Å². The van der Waals surface area contributed by atoms with Crippen LogP contribution in [0.2, 0.25) is 0 Å². The highest BCUT2D eigenvalue weighted by Crippen LogP contribution is 2.23. The molecule has 22 heavy (non-hydrogen) atoms. The van der Waals surface area contributed by atoms with Crippen molar-refractivity contribution in [2.24, 2.45) is 5.92 Å². The second-order valence-electron chi connectivity index (χ2n) is 5.79. The molecule has 3 rings (SSSR count). The van der Waals surface area contributed by atoms with Gasteiger partial charge in [-0.15, -0.1) is 0 Å². The zero-order chi connectivity index (χ0) is 15.2. The fraction of sp³-hybridized carbons (Fsp3) is 0.316. The minimum atomic E-state index is -0.0789. The number of rotatable bonds is 4. The van der Waals surface area contributed by atoms with Gasteiger partial charge in [0.15, 0.2) is 0 Å². The molecule has 2 aromatic rings. The van der Waals surface area contributed by atoms with Crippen molar-refractivity contribution in [2.45, 2.75) is 18.9 Å². The highest BCUT2D eigenvalue weighted by molar-refractivity contribution is 5.79. The van der Waals surface area contributed by atoms with Crippen molar-refractivity contribution in [3.8, 4) is 0 Å². The Morgan fingerprint density at radius 3 is 1.91 bits per heavy atom. The van der Waals surface area contributed by atoms with Crippen LogP contribution in [0.1, 0.15) is 30.0 Å². The Bertz CT molecular complexity index is 552. The molecule has 114 valence electrons. The van der Waals surface area contributed by atoms with E-state index in [-0.39, 0.29) is 17.9 Å². The van der Waals surface area contributed by atoms with Crippen LogP contribution in [-0.2, 0) is 4.79 Å². The first-order valence-electron chi connectivity index (χ1n) is 7.95. The number of benzene rings is 2. The number of hydrogen-bond acceptors (Lipinski definition) is 2. The lowest BCUT2D eigenvalue weighted by Gasteiger charge is -2.26. The zero-order valence-corrected chi connectivity index (χ0v) is 12.7. The molecule has 0 aliphatic carbocycles. The van der Waals surface area contributed by atoms with Crippen molar-refractivity contribution in [1.29, 1.82) is 0 Å². The van der Waals surface area contributed by atoms with E-state index in [1.165, 1.54) is 0 Å². The first-order chi connectivity index (χ1) is 10.8. The summed E-state index contributed by atoms with van der Waals surface area (Å²) in [6.45, 7) is 1.86. The minimum Gasteiger partial charge on any atom is -0.345 e. The Kier molecular flexibility index (Phi) is 4.86. The maximum atomic E-state index is 12.6. The van der Waals surface area contributed by atoms with Gasteiger partial charge in [0, 0.05) is 5.92 Å². The normalized spacial score (nSPS) is 15.7. The topological polar surface area (TPSA) is 41.1 Å². The molecule has 0 spiro atoms. The van der Waals surface area contributed by atoms with Gasteiger partial charge in [-0.2, -0.15) is 0 Å². The van der Waals surface area contributed by atoms with Crippen LogP contribution in [0.5, 0.6) is 0 Å². The standard InChI is InChI=1S/C19H22N2O/c22-19(17-11-13-20-14-12-17)21-18(15-7-3-1-4-8-15)16-9-5-2-6-10-16/h1-10,17-18,20H,11-14H2,(H,21,22). The SMILES string of the molecule is O=C(NC(c1ccccc1)c1ccccc1)C1CCNCC1. The number of piperidine rings is 1. The molecule has 1 saturated heterocycles. The molecular weight excluding hydrogens is 272 g/mol. The number of carbonyl (C=O) groups is 1. The van der Waals surface area contributed by atoms with Gasteiger partial charge in [0.1, 0.15) is 0 Å². The monoisotopic (exact) mass is 294 g/mol.